The maximum absolute atomic E-state index is 12.9. The fourth-order valence-corrected chi connectivity index (χ4v) is 3.59. The lowest BCUT2D eigenvalue weighted by Crippen LogP contribution is -2.22. The van der Waals surface area contributed by atoms with Gasteiger partial charge in [0.25, 0.3) is 5.56 Å². The Morgan fingerprint density at radius 2 is 1.73 bits per heavy atom. The van der Waals surface area contributed by atoms with Gasteiger partial charge in [-0.3, -0.25) is 14.2 Å². The maximum atomic E-state index is 12.9. The highest BCUT2D eigenvalue weighted by molar-refractivity contribution is 5.99. The van der Waals surface area contributed by atoms with Crippen molar-refractivity contribution in [2.75, 3.05) is 6.61 Å². The van der Waals surface area contributed by atoms with Crippen molar-refractivity contribution in [1.82, 2.24) is 9.55 Å². The highest BCUT2D eigenvalue weighted by Gasteiger charge is 2.29. The Kier molecular flexibility index (Phi) is 6.11. The molecule has 5 nitrogen and oxygen atoms in total. The predicted molar refractivity (Wildman–Crippen MR) is 118 cm³/mol. The van der Waals surface area contributed by atoms with Crippen molar-refractivity contribution in [3.05, 3.63) is 100 Å². The number of fused-ring (bicyclic) bond motifs is 1. The first-order valence-electron chi connectivity index (χ1n) is 10.2. The van der Waals surface area contributed by atoms with Crippen LogP contribution in [0.1, 0.15) is 21.5 Å². The summed E-state index contributed by atoms with van der Waals surface area (Å²) in [5.41, 5.74) is 2.04. The van der Waals surface area contributed by atoms with E-state index in [0.717, 1.165) is 23.3 Å². The summed E-state index contributed by atoms with van der Waals surface area (Å²) in [6, 6.07) is 16.9. The van der Waals surface area contributed by atoms with Crippen molar-refractivity contribution in [2.24, 2.45) is 0 Å². The molecule has 3 aromatic carbocycles. The molecule has 0 atom stereocenters. The molecule has 0 bridgehead atoms. The van der Waals surface area contributed by atoms with Crippen LogP contribution in [0.25, 0.3) is 22.0 Å². The van der Waals surface area contributed by atoms with E-state index in [1.54, 1.807) is 6.07 Å². The van der Waals surface area contributed by atoms with E-state index in [2.05, 4.69) is 4.98 Å². The lowest BCUT2D eigenvalue weighted by Gasteiger charge is -2.10. The van der Waals surface area contributed by atoms with Gasteiger partial charge in [0.15, 0.2) is 5.78 Å². The van der Waals surface area contributed by atoms with Crippen LogP contribution in [0.15, 0.2) is 77.9 Å². The standard InChI is InChI=1S/C25H19F3N2O3/c26-25(27,28)20-7-4-17(5-8-20)18-3-1-2-16(12-18)10-11-30-15-29-22-9-6-19(23(32)14-31)13-21(22)24(30)33/h1-9,12-13,15,31H,10-11,14H2. The molecule has 0 aliphatic carbocycles. The van der Waals surface area contributed by atoms with Crippen LogP contribution in [0.4, 0.5) is 13.2 Å². The number of carbonyl (C=O) groups is 1. The fraction of sp³-hybridized carbons (Fsp3) is 0.160. The Morgan fingerprint density at radius 1 is 0.970 bits per heavy atom. The zero-order chi connectivity index (χ0) is 23.6. The molecule has 1 N–H and O–H groups in total. The van der Waals surface area contributed by atoms with Crippen molar-refractivity contribution >= 4 is 16.7 Å². The summed E-state index contributed by atoms with van der Waals surface area (Å²) in [4.78, 5) is 28.9. The summed E-state index contributed by atoms with van der Waals surface area (Å²) in [5, 5.41) is 9.34. The van der Waals surface area contributed by atoms with Gasteiger partial charge < -0.3 is 5.11 Å². The summed E-state index contributed by atoms with van der Waals surface area (Å²) >= 11 is 0. The summed E-state index contributed by atoms with van der Waals surface area (Å²) in [6.07, 6.45) is -2.44. The van der Waals surface area contributed by atoms with Gasteiger partial charge in [0.2, 0.25) is 0 Å². The van der Waals surface area contributed by atoms with Crippen LogP contribution < -0.4 is 5.56 Å². The van der Waals surface area contributed by atoms with Gasteiger partial charge in [-0.05, 0) is 53.4 Å². The molecule has 0 radical (unpaired) electrons. The molecule has 33 heavy (non-hydrogen) atoms. The van der Waals surface area contributed by atoms with E-state index in [0.29, 0.717) is 24.0 Å². The largest absolute Gasteiger partial charge is 0.416 e. The molecule has 0 spiro atoms. The molecule has 0 fully saturated rings. The van der Waals surface area contributed by atoms with Crippen LogP contribution >= 0.6 is 0 Å². The average Bonchev–Trinajstić information content (AvgIpc) is 2.83. The quantitative estimate of drug-likeness (QED) is 0.438. The highest BCUT2D eigenvalue weighted by atomic mass is 19.4. The number of alkyl halides is 3. The van der Waals surface area contributed by atoms with Crippen molar-refractivity contribution in [3.8, 4) is 11.1 Å². The number of rotatable bonds is 6. The van der Waals surface area contributed by atoms with Crippen LogP contribution in [0.3, 0.4) is 0 Å². The zero-order valence-electron chi connectivity index (χ0n) is 17.3. The van der Waals surface area contributed by atoms with E-state index < -0.39 is 24.1 Å². The number of benzene rings is 3. The van der Waals surface area contributed by atoms with Crippen molar-refractivity contribution in [1.29, 1.82) is 0 Å². The van der Waals surface area contributed by atoms with Crippen LogP contribution in [0.5, 0.6) is 0 Å². The minimum atomic E-state index is -4.38. The molecule has 0 saturated carbocycles. The molecule has 168 valence electrons. The van der Waals surface area contributed by atoms with Crippen LogP contribution in [0.2, 0.25) is 0 Å². The first-order chi connectivity index (χ1) is 15.8. The van der Waals surface area contributed by atoms with Crippen LogP contribution in [0, 0.1) is 0 Å². The monoisotopic (exact) mass is 452 g/mol. The first kappa shape index (κ1) is 22.4. The van der Waals surface area contributed by atoms with Gasteiger partial charge in [-0.1, -0.05) is 36.4 Å². The van der Waals surface area contributed by atoms with Crippen LogP contribution in [-0.2, 0) is 19.1 Å². The number of halogens is 3. The van der Waals surface area contributed by atoms with Gasteiger partial charge >= 0.3 is 6.18 Å². The molecular weight excluding hydrogens is 433 g/mol. The molecule has 0 unspecified atom stereocenters. The molecule has 4 rings (SSSR count). The number of carbonyl (C=O) groups excluding carboxylic acids is 1. The second-order valence-electron chi connectivity index (χ2n) is 7.58. The number of aliphatic hydroxyl groups excluding tert-OH is 1. The molecule has 1 aromatic heterocycles. The first-order valence-corrected chi connectivity index (χ1v) is 10.2. The molecule has 1 heterocycles. The minimum absolute atomic E-state index is 0.242. The Hall–Kier alpha value is -3.78. The number of aryl methyl sites for hydroxylation is 2. The van der Waals surface area contributed by atoms with Crippen molar-refractivity contribution in [3.63, 3.8) is 0 Å². The van der Waals surface area contributed by atoms with Gasteiger partial charge in [-0.2, -0.15) is 13.2 Å². The lowest BCUT2D eigenvalue weighted by atomic mass is 10.0. The Balaban J connectivity index is 1.55. The number of aromatic nitrogens is 2. The SMILES string of the molecule is O=C(CO)c1ccc2ncn(CCc3cccc(-c4ccc(C(F)(F)F)cc4)c3)c(=O)c2c1. The topological polar surface area (TPSA) is 72.2 Å². The molecule has 0 aliphatic rings. The molecule has 0 saturated heterocycles. The predicted octanol–water partition coefficient (Wildman–Crippen LogP) is 4.50. The van der Waals surface area contributed by atoms with Gasteiger partial charge in [0, 0.05) is 12.1 Å². The average molecular weight is 452 g/mol. The summed E-state index contributed by atoms with van der Waals surface area (Å²) < 4.78 is 39.8. The number of Topliss-reactive ketones (excluding diaryl/α,β-unsaturated/α-hetero) is 1. The minimum Gasteiger partial charge on any atom is -0.388 e. The van der Waals surface area contributed by atoms with Gasteiger partial charge in [0.05, 0.1) is 22.8 Å². The summed E-state index contributed by atoms with van der Waals surface area (Å²) in [6.45, 7) is -0.314. The second-order valence-corrected chi connectivity index (χ2v) is 7.58. The number of hydrogen-bond acceptors (Lipinski definition) is 4. The number of hydrogen-bond donors (Lipinski definition) is 1. The molecule has 4 aromatic rings. The van der Waals surface area contributed by atoms with E-state index in [1.165, 1.54) is 35.2 Å². The van der Waals surface area contributed by atoms with Gasteiger partial charge in [0.1, 0.15) is 6.61 Å². The Labute approximate surface area is 186 Å². The molecular formula is C25H19F3N2O3. The lowest BCUT2D eigenvalue weighted by molar-refractivity contribution is -0.137. The van der Waals surface area contributed by atoms with Gasteiger partial charge in [-0.25, -0.2) is 4.98 Å². The molecule has 8 heteroatoms. The number of aliphatic hydroxyl groups is 1. The van der Waals surface area contributed by atoms with E-state index in [4.69, 9.17) is 5.11 Å². The number of ketones is 1. The second kappa shape index (κ2) is 8.99. The van der Waals surface area contributed by atoms with E-state index in [-0.39, 0.29) is 16.5 Å². The van der Waals surface area contributed by atoms with Gasteiger partial charge in [-0.15, -0.1) is 0 Å². The van der Waals surface area contributed by atoms with E-state index >= 15 is 0 Å². The fourth-order valence-electron chi connectivity index (χ4n) is 3.59. The highest BCUT2D eigenvalue weighted by Crippen LogP contribution is 2.31. The third-order valence-electron chi connectivity index (χ3n) is 5.40. The molecule has 0 aliphatic heterocycles. The van der Waals surface area contributed by atoms with E-state index in [9.17, 15) is 22.8 Å². The third kappa shape index (κ3) is 4.85. The van der Waals surface area contributed by atoms with Crippen molar-refractivity contribution < 1.29 is 23.1 Å². The van der Waals surface area contributed by atoms with E-state index in [1.807, 2.05) is 24.3 Å². The smallest absolute Gasteiger partial charge is 0.388 e. The summed E-state index contributed by atoms with van der Waals surface area (Å²) in [7, 11) is 0. The maximum Gasteiger partial charge on any atom is 0.416 e. The number of nitrogens with zero attached hydrogens (tertiary/aromatic N) is 2. The third-order valence-corrected chi connectivity index (χ3v) is 5.40. The Morgan fingerprint density at radius 3 is 2.42 bits per heavy atom. The Bertz CT molecular complexity index is 1380. The van der Waals surface area contributed by atoms with Crippen LogP contribution in [-0.4, -0.2) is 27.0 Å². The van der Waals surface area contributed by atoms with Crippen molar-refractivity contribution in [2.45, 2.75) is 19.1 Å². The molecule has 0 amide bonds. The summed E-state index contributed by atoms with van der Waals surface area (Å²) in [5.74, 6) is -0.480. The normalized spacial score (nSPS) is 11.6. The zero-order valence-corrected chi connectivity index (χ0v) is 17.3.